The van der Waals surface area contributed by atoms with Crippen molar-refractivity contribution >= 4 is 36.4 Å². The highest BCUT2D eigenvalue weighted by Gasteiger charge is 1.85. The third kappa shape index (κ3) is 175. The molecule has 0 radical (unpaired) electrons. The van der Waals surface area contributed by atoms with Crippen molar-refractivity contribution in [1.29, 1.82) is 0 Å². The Morgan fingerprint density at radius 2 is 1.33 bits per heavy atom. The first-order chi connectivity index (χ1) is 1.73. The van der Waals surface area contributed by atoms with Crippen LogP contribution in [0.2, 0.25) is 0 Å². The molecule has 6 heteroatoms. The normalized spacial score (nSPS) is 4.00. The van der Waals surface area contributed by atoms with Crippen LogP contribution in [0.15, 0.2) is 0 Å². The van der Waals surface area contributed by atoms with Crippen molar-refractivity contribution in [2.45, 2.75) is 0 Å². The fourth-order valence-corrected chi connectivity index (χ4v) is 0. The van der Waals surface area contributed by atoms with Crippen molar-refractivity contribution in [3.05, 3.63) is 0 Å². The third-order valence-electron chi connectivity index (χ3n) is 0. The highest BCUT2D eigenvalue weighted by Crippen LogP contribution is 1.27. The van der Waals surface area contributed by atoms with Crippen LogP contribution in [0, 0.1) is 0 Å². The second kappa shape index (κ2) is 9.13. The monoisotopic (exact) mass is 142 g/mol. The van der Waals surface area contributed by atoms with E-state index in [4.69, 9.17) is 14.1 Å². The molecule has 0 aromatic carbocycles. The molecule has 0 aliphatic heterocycles. The Kier molecular flexibility index (Phi) is 24.3. The molecule has 0 rings (SSSR count). The van der Waals surface area contributed by atoms with Gasteiger partial charge in [0.25, 0.3) is 0 Å². The highest BCUT2D eigenvalue weighted by molar-refractivity contribution is 6.92. The SMILES string of the molecule is O=[Si](O)O.P.[AlH3]. The maximum atomic E-state index is 8.74. The zero-order chi connectivity index (χ0) is 3.58. The van der Waals surface area contributed by atoms with Gasteiger partial charge in [-0.05, 0) is 0 Å². The van der Waals surface area contributed by atoms with Gasteiger partial charge in [-0.25, -0.2) is 0 Å². The summed E-state index contributed by atoms with van der Waals surface area (Å²) in [5.41, 5.74) is 0. The maximum Gasteiger partial charge on any atom is 0.761 e. The predicted molar refractivity (Wildman–Crippen MR) is 31.9 cm³/mol. The summed E-state index contributed by atoms with van der Waals surface area (Å²) in [6.07, 6.45) is 0. The molecule has 38 valence electrons. The number of hydrogen-bond donors (Lipinski definition) is 2. The predicted octanol–water partition coefficient (Wildman–Crippen LogP) is -2.74. The van der Waals surface area contributed by atoms with E-state index in [1.807, 2.05) is 0 Å². The van der Waals surface area contributed by atoms with E-state index in [-0.39, 0.29) is 27.3 Å². The zero-order valence-electron chi connectivity index (χ0n) is 2.51. The minimum Gasteiger partial charge on any atom is -0.511 e. The maximum absolute atomic E-state index is 8.74. The topological polar surface area (TPSA) is 57.5 Å². The molecule has 0 heterocycles. The van der Waals surface area contributed by atoms with Crippen molar-refractivity contribution in [3.63, 3.8) is 0 Å². The molecule has 1 atom stereocenters. The van der Waals surface area contributed by atoms with Crippen LogP contribution in [0.5, 0.6) is 0 Å². The van der Waals surface area contributed by atoms with Crippen molar-refractivity contribution in [1.82, 2.24) is 0 Å². The molecule has 0 bridgehead atoms. The molecule has 0 aliphatic carbocycles. The smallest absolute Gasteiger partial charge is 0.511 e. The Balaban J connectivity index is -0.0000000450. The molecular formula is H8AlO3PSi. The van der Waals surface area contributed by atoms with Gasteiger partial charge in [-0.3, -0.25) is 4.46 Å². The van der Waals surface area contributed by atoms with Crippen LogP contribution in [-0.2, 0) is 4.46 Å². The Morgan fingerprint density at radius 3 is 1.33 bits per heavy atom. The van der Waals surface area contributed by atoms with Crippen LogP contribution in [0.1, 0.15) is 0 Å². The van der Waals surface area contributed by atoms with Crippen LogP contribution in [0.25, 0.3) is 0 Å². The number of rotatable bonds is 0. The molecule has 0 aromatic rings. The summed E-state index contributed by atoms with van der Waals surface area (Å²) < 4.78 is 8.74. The summed E-state index contributed by atoms with van der Waals surface area (Å²) in [6, 6.07) is 0. The molecule has 1 unspecified atom stereocenters. The first kappa shape index (κ1) is 16.0. The fourth-order valence-electron chi connectivity index (χ4n) is 0. The van der Waals surface area contributed by atoms with Gasteiger partial charge in [0, 0.05) is 0 Å². The fraction of sp³-hybridized carbons (Fsp3) is 0. The van der Waals surface area contributed by atoms with Crippen molar-refractivity contribution < 1.29 is 14.1 Å². The second-order valence-corrected chi connectivity index (χ2v) is 0.848. The van der Waals surface area contributed by atoms with E-state index in [0.29, 0.717) is 0 Å². The lowest BCUT2D eigenvalue weighted by Gasteiger charge is -1.55. The summed E-state index contributed by atoms with van der Waals surface area (Å²) in [4.78, 5) is 14.3. The van der Waals surface area contributed by atoms with Gasteiger partial charge in [0.1, 0.15) is 0 Å². The average molecular weight is 142 g/mol. The van der Waals surface area contributed by atoms with Gasteiger partial charge in [-0.2, -0.15) is 9.90 Å². The second-order valence-electron chi connectivity index (χ2n) is 0.283. The Labute approximate surface area is 51.0 Å². The van der Waals surface area contributed by atoms with E-state index in [2.05, 4.69) is 0 Å². The standard InChI is InChI=1S/Al.H2O3Si.H3P.3H/c;1-4(2)3;;;;/h;1-2H;1H3;;;. The highest BCUT2D eigenvalue weighted by atomic mass is 31.0. The van der Waals surface area contributed by atoms with Gasteiger partial charge < -0.3 is 9.59 Å². The lowest BCUT2D eigenvalue weighted by molar-refractivity contribution is 0.330. The molecule has 0 saturated heterocycles. The summed E-state index contributed by atoms with van der Waals surface area (Å²) in [5.74, 6) is 0. The lowest BCUT2D eigenvalue weighted by Crippen LogP contribution is -1.90. The van der Waals surface area contributed by atoms with Crippen LogP contribution in [0.4, 0.5) is 0 Å². The molecule has 2 N–H and O–H groups in total. The quantitative estimate of drug-likeness (QED) is 0.285. The molecular weight excluding hydrogens is 134 g/mol. The first-order valence-electron chi connectivity index (χ1n) is 0.651. The van der Waals surface area contributed by atoms with Gasteiger partial charge in [0.05, 0.1) is 0 Å². The van der Waals surface area contributed by atoms with Gasteiger partial charge >= 0.3 is 9.17 Å². The van der Waals surface area contributed by atoms with E-state index in [1.54, 1.807) is 0 Å². The van der Waals surface area contributed by atoms with E-state index in [0.717, 1.165) is 0 Å². The summed E-state index contributed by atoms with van der Waals surface area (Å²) in [7, 11) is -3.13. The van der Waals surface area contributed by atoms with Crippen LogP contribution < -0.4 is 0 Å². The Morgan fingerprint density at radius 1 is 1.33 bits per heavy atom. The van der Waals surface area contributed by atoms with E-state index >= 15 is 0 Å². The Hall–Kier alpha value is 0.579. The van der Waals surface area contributed by atoms with Crippen LogP contribution in [0.3, 0.4) is 0 Å². The minimum atomic E-state index is -3.13. The molecule has 6 heavy (non-hydrogen) atoms. The van der Waals surface area contributed by atoms with E-state index in [9.17, 15) is 0 Å². The van der Waals surface area contributed by atoms with Gasteiger partial charge in [0.15, 0.2) is 17.4 Å². The van der Waals surface area contributed by atoms with Crippen molar-refractivity contribution in [3.8, 4) is 0 Å². The molecule has 0 spiro atoms. The molecule has 0 amide bonds. The lowest BCUT2D eigenvalue weighted by atomic mass is 15.8. The average Bonchev–Trinajstić information content (AvgIpc) is 0.811. The first-order valence-corrected chi connectivity index (χ1v) is 1.95. The number of hydrogen-bond acceptors (Lipinski definition) is 1. The Bertz CT molecular complexity index is 33.8. The molecule has 0 aromatic heterocycles. The largest absolute Gasteiger partial charge is 0.761 e. The summed E-state index contributed by atoms with van der Waals surface area (Å²) >= 11 is 0. The van der Waals surface area contributed by atoms with E-state index in [1.165, 1.54) is 0 Å². The minimum absolute atomic E-state index is 0. The van der Waals surface area contributed by atoms with Crippen molar-refractivity contribution in [2.24, 2.45) is 0 Å². The third-order valence-corrected chi connectivity index (χ3v) is 0. The van der Waals surface area contributed by atoms with Gasteiger partial charge in [0.2, 0.25) is 0 Å². The van der Waals surface area contributed by atoms with E-state index < -0.39 is 9.17 Å². The molecule has 0 aliphatic rings. The zero-order valence-corrected chi connectivity index (χ0v) is 4.92. The summed E-state index contributed by atoms with van der Waals surface area (Å²) in [6.45, 7) is 0. The van der Waals surface area contributed by atoms with Crippen molar-refractivity contribution in [2.75, 3.05) is 0 Å². The molecule has 0 fully saturated rings. The molecule has 0 saturated carbocycles. The molecule has 3 nitrogen and oxygen atoms in total. The van der Waals surface area contributed by atoms with Gasteiger partial charge in [-0.1, -0.05) is 0 Å². The van der Waals surface area contributed by atoms with Gasteiger partial charge in [-0.15, -0.1) is 0 Å². The summed E-state index contributed by atoms with van der Waals surface area (Å²) in [5, 5.41) is 0. The van der Waals surface area contributed by atoms with Crippen LogP contribution >= 0.6 is 9.90 Å². The van der Waals surface area contributed by atoms with Crippen LogP contribution in [-0.4, -0.2) is 36.1 Å².